The monoisotopic (exact) mass is 98.0 g/mol. The number of carbonyl (C=O) groups excluding carboxylic acids is 1. The molecule has 0 unspecified atom stereocenters. The Morgan fingerprint density at radius 2 is 2.57 bits per heavy atom. The predicted molar refractivity (Wildman–Crippen MR) is 25.3 cm³/mol. The number of hydrogen-bond donors (Lipinski definition) is 2. The molecule has 0 atom stereocenters. The van der Waals surface area contributed by atoms with Gasteiger partial charge in [-0.25, -0.2) is 5.43 Å². The first kappa shape index (κ1) is 4.33. The molecule has 0 aromatic carbocycles. The highest BCUT2D eigenvalue weighted by Crippen LogP contribution is 1.74. The van der Waals surface area contributed by atoms with Crippen molar-refractivity contribution in [3.8, 4) is 0 Å². The molecule has 1 rings (SSSR count). The van der Waals surface area contributed by atoms with Crippen molar-refractivity contribution in [3.05, 3.63) is 12.2 Å². The highest BCUT2D eigenvalue weighted by atomic mass is 16.2. The Kier molecular flexibility index (Phi) is 1.08. The Bertz CT molecular complexity index is 108. The summed E-state index contributed by atoms with van der Waals surface area (Å²) < 4.78 is 0. The van der Waals surface area contributed by atoms with Crippen molar-refractivity contribution in [3.63, 3.8) is 0 Å². The van der Waals surface area contributed by atoms with Crippen LogP contribution in [0.5, 0.6) is 0 Å². The van der Waals surface area contributed by atoms with Crippen molar-refractivity contribution in [2.45, 2.75) is 0 Å². The Labute approximate surface area is 41.4 Å². The summed E-state index contributed by atoms with van der Waals surface area (Å²) >= 11 is 0. The fourth-order valence-corrected chi connectivity index (χ4v) is 0.405. The normalized spacial score (nSPS) is 19.1. The van der Waals surface area contributed by atoms with Gasteiger partial charge in [-0.15, -0.1) is 0 Å². The van der Waals surface area contributed by atoms with Gasteiger partial charge in [0.05, 0.1) is 0 Å². The SMILES string of the molecule is O=C1C=CCNN1. The zero-order valence-electron chi connectivity index (χ0n) is 3.77. The molecule has 38 valence electrons. The topological polar surface area (TPSA) is 41.1 Å². The molecule has 0 aromatic heterocycles. The van der Waals surface area contributed by atoms with Crippen molar-refractivity contribution in [2.24, 2.45) is 0 Å². The molecular weight excluding hydrogens is 92.1 g/mol. The molecule has 3 heteroatoms. The molecule has 1 aliphatic rings. The second kappa shape index (κ2) is 1.75. The second-order valence-electron chi connectivity index (χ2n) is 1.27. The zero-order chi connectivity index (χ0) is 5.11. The van der Waals surface area contributed by atoms with Crippen LogP contribution in [0.2, 0.25) is 0 Å². The van der Waals surface area contributed by atoms with Gasteiger partial charge in [0.1, 0.15) is 0 Å². The van der Waals surface area contributed by atoms with Crippen molar-refractivity contribution in [1.29, 1.82) is 0 Å². The molecule has 3 nitrogen and oxygen atoms in total. The van der Waals surface area contributed by atoms with Gasteiger partial charge >= 0.3 is 0 Å². The van der Waals surface area contributed by atoms with E-state index in [1.165, 1.54) is 6.08 Å². The largest absolute Gasteiger partial charge is 0.288 e. The average Bonchev–Trinajstić information content (AvgIpc) is 1.69. The molecule has 1 heterocycles. The van der Waals surface area contributed by atoms with E-state index in [1.807, 2.05) is 0 Å². The molecule has 0 saturated carbocycles. The zero-order valence-corrected chi connectivity index (χ0v) is 3.77. The van der Waals surface area contributed by atoms with Crippen LogP contribution in [0, 0.1) is 0 Å². The molecule has 0 spiro atoms. The molecule has 0 fully saturated rings. The molecule has 0 saturated heterocycles. The molecular formula is C4H6N2O. The molecule has 0 aliphatic carbocycles. The van der Waals surface area contributed by atoms with Gasteiger partial charge in [0.15, 0.2) is 0 Å². The lowest BCUT2D eigenvalue weighted by atomic mass is 10.4. The fourth-order valence-electron chi connectivity index (χ4n) is 0.405. The van der Waals surface area contributed by atoms with E-state index < -0.39 is 0 Å². The van der Waals surface area contributed by atoms with Crippen molar-refractivity contribution in [1.82, 2.24) is 10.9 Å². The van der Waals surface area contributed by atoms with Gasteiger partial charge < -0.3 is 0 Å². The quantitative estimate of drug-likeness (QED) is 0.415. The van der Waals surface area contributed by atoms with Gasteiger partial charge in [-0.3, -0.25) is 10.2 Å². The van der Waals surface area contributed by atoms with E-state index in [4.69, 9.17) is 0 Å². The first-order valence-corrected chi connectivity index (χ1v) is 2.09. The lowest BCUT2D eigenvalue weighted by Crippen LogP contribution is -2.39. The smallest absolute Gasteiger partial charge is 0.257 e. The van der Waals surface area contributed by atoms with E-state index in [0.29, 0.717) is 0 Å². The Morgan fingerprint density at radius 3 is 2.86 bits per heavy atom. The van der Waals surface area contributed by atoms with Crippen LogP contribution in [0.1, 0.15) is 0 Å². The third-order valence-corrected chi connectivity index (χ3v) is 0.701. The van der Waals surface area contributed by atoms with E-state index in [9.17, 15) is 4.79 Å². The van der Waals surface area contributed by atoms with Gasteiger partial charge in [-0.05, 0) is 0 Å². The molecule has 7 heavy (non-hydrogen) atoms. The summed E-state index contributed by atoms with van der Waals surface area (Å²) in [5, 5.41) is 0. The number of hydrogen-bond acceptors (Lipinski definition) is 2. The highest BCUT2D eigenvalue weighted by molar-refractivity contribution is 5.87. The van der Waals surface area contributed by atoms with Crippen molar-refractivity contribution < 1.29 is 4.79 Å². The molecule has 0 radical (unpaired) electrons. The number of hydrazine groups is 1. The van der Waals surface area contributed by atoms with Crippen LogP contribution in [0.25, 0.3) is 0 Å². The van der Waals surface area contributed by atoms with Crippen LogP contribution in [-0.4, -0.2) is 12.5 Å². The summed E-state index contributed by atoms with van der Waals surface area (Å²) in [7, 11) is 0. The van der Waals surface area contributed by atoms with E-state index in [2.05, 4.69) is 10.9 Å². The van der Waals surface area contributed by atoms with Gasteiger partial charge in [-0.2, -0.15) is 0 Å². The van der Waals surface area contributed by atoms with Crippen LogP contribution in [0.4, 0.5) is 0 Å². The fraction of sp³-hybridized carbons (Fsp3) is 0.250. The predicted octanol–water partition coefficient (Wildman–Crippen LogP) is -0.823. The first-order valence-electron chi connectivity index (χ1n) is 2.09. The first-order chi connectivity index (χ1) is 3.39. The van der Waals surface area contributed by atoms with E-state index >= 15 is 0 Å². The minimum atomic E-state index is -0.0775. The molecule has 0 aromatic rings. The van der Waals surface area contributed by atoms with Gasteiger partial charge in [0.2, 0.25) is 0 Å². The van der Waals surface area contributed by atoms with Crippen molar-refractivity contribution >= 4 is 5.91 Å². The lowest BCUT2D eigenvalue weighted by molar-refractivity contribution is -0.117. The Hall–Kier alpha value is -0.830. The highest BCUT2D eigenvalue weighted by Gasteiger charge is 1.94. The Morgan fingerprint density at radius 1 is 1.71 bits per heavy atom. The standard InChI is InChI=1S/C4H6N2O/c7-4-2-1-3-5-6-4/h1-2,5H,3H2,(H,6,7). The summed E-state index contributed by atoms with van der Waals surface area (Å²) in [5.41, 5.74) is 5.05. The lowest BCUT2D eigenvalue weighted by Gasteiger charge is -2.04. The van der Waals surface area contributed by atoms with E-state index in [0.717, 1.165) is 6.54 Å². The average molecular weight is 98.1 g/mol. The molecule has 2 N–H and O–H groups in total. The van der Waals surface area contributed by atoms with Gasteiger partial charge in [-0.1, -0.05) is 6.08 Å². The number of carbonyl (C=O) groups is 1. The van der Waals surface area contributed by atoms with E-state index in [-0.39, 0.29) is 5.91 Å². The van der Waals surface area contributed by atoms with Gasteiger partial charge in [0, 0.05) is 12.6 Å². The molecule has 1 aliphatic heterocycles. The van der Waals surface area contributed by atoms with Crippen LogP contribution in [0.15, 0.2) is 12.2 Å². The van der Waals surface area contributed by atoms with Crippen molar-refractivity contribution in [2.75, 3.05) is 6.54 Å². The molecule has 1 amide bonds. The van der Waals surface area contributed by atoms with Crippen LogP contribution in [-0.2, 0) is 4.79 Å². The minimum absolute atomic E-state index is 0.0775. The third-order valence-electron chi connectivity index (χ3n) is 0.701. The van der Waals surface area contributed by atoms with E-state index in [1.54, 1.807) is 6.08 Å². The van der Waals surface area contributed by atoms with Crippen LogP contribution >= 0.6 is 0 Å². The summed E-state index contributed by atoms with van der Waals surface area (Å²) in [5.74, 6) is -0.0775. The third kappa shape index (κ3) is 1.01. The Balaban J connectivity index is 2.51. The summed E-state index contributed by atoms with van der Waals surface area (Å²) in [6.07, 6.45) is 3.26. The molecule has 0 bridgehead atoms. The van der Waals surface area contributed by atoms with Crippen LogP contribution < -0.4 is 10.9 Å². The number of nitrogens with one attached hydrogen (secondary N) is 2. The summed E-state index contributed by atoms with van der Waals surface area (Å²) in [6.45, 7) is 0.728. The number of rotatable bonds is 0. The minimum Gasteiger partial charge on any atom is -0.288 e. The summed E-state index contributed by atoms with van der Waals surface area (Å²) in [4.78, 5) is 10.2. The maximum Gasteiger partial charge on any atom is 0.257 e. The summed E-state index contributed by atoms with van der Waals surface area (Å²) in [6, 6.07) is 0. The number of amides is 1. The maximum atomic E-state index is 10.2. The second-order valence-corrected chi connectivity index (χ2v) is 1.27. The van der Waals surface area contributed by atoms with Crippen LogP contribution in [0.3, 0.4) is 0 Å². The van der Waals surface area contributed by atoms with Gasteiger partial charge in [0.25, 0.3) is 5.91 Å². The maximum absolute atomic E-state index is 10.2.